The maximum atomic E-state index is 12.6. The van der Waals surface area contributed by atoms with Crippen molar-refractivity contribution in [2.75, 3.05) is 0 Å². The quantitative estimate of drug-likeness (QED) is 0.808. The number of hydrogen-bond acceptors (Lipinski definition) is 2. The monoisotopic (exact) mass is 254 g/mol. The van der Waals surface area contributed by atoms with E-state index in [1.165, 1.54) is 12.1 Å². The number of nitrogens with one attached hydrogen (secondary N) is 2. The minimum Gasteiger partial charge on any atom is -0.360 e. The Labute approximate surface area is 105 Å². The van der Waals surface area contributed by atoms with Gasteiger partial charge in [0.15, 0.2) is 5.11 Å². The third-order valence-corrected chi connectivity index (χ3v) is 2.17. The summed E-state index contributed by atoms with van der Waals surface area (Å²) in [6.07, 6.45) is 0.181. The van der Waals surface area contributed by atoms with Gasteiger partial charge in [-0.05, 0) is 43.8 Å². The Morgan fingerprint density at radius 1 is 1.35 bits per heavy atom. The lowest BCUT2D eigenvalue weighted by Gasteiger charge is -2.11. The van der Waals surface area contributed by atoms with Gasteiger partial charge in [0.05, 0.1) is 6.42 Å². The molecule has 92 valence electrons. The van der Waals surface area contributed by atoms with Crippen LogP contribution in [0.3, 0.4) is 0 Å². The number of benzene rings is 1. The van der Waals surface area contributed by atoms with Crippen molar-refractivity contribution in [3.63, 3.8) is 0 Å². The van der Waals surface area contributed by atoms with Crippen LogP contribution in [0.25, 0.3) is 0 Å². The predicted molar refractivity (Wildman–Crippen MR) is 69.1 cm³/mol. The second-order valence-corrected chi connectivity index (χ2v) is 4.39. The molecule has 0 atom stereocenters. The van der Waals surface area contributed by atoms with E-state index in [0.29, 0.717) is 5.11 Å². The van der Waals surface area contributed by atoms with E-state index in [-0.39, 0.29) is 24.2 Å². The van der Waals surface area contributed by atoms with Crippen LogP contribution in [-0.2, 0) is 11.2 Å². The highest BCUT2D eigenvalue weighted by Gasteiger charge is 2.06. The van der Waals surface area contributed by atoms with Gasteiger partial charge in [-0.25, -0.2) is 4.39 Å². The zero-order valence-corrected chi connectivity index (χ0v) is 10.6. The fourth-order valence-corrected chi connectivity index (χ4v) is 1.61. The standard InChI is InChI=1S/C12H15FN2OS/c1-8(2)14-12(17)15-11(16)7-9-3-5-10(13)6-4-9/h3-6,8H,7H2,1-2H3,(H2,14,15,16,17). The third-order valence-electron chi connectivity index (χ3n) is 1.95. The van der Waals surface area contributed by atoms with Gasteiger partial charge >= 0.3 is 0 Å². The Hall–Kier alpha value is -1.49. The van der Waals surface area contributed by atoms with E-state index in [1.807, 2.05) is 13.8 Å². The van der Waals surface area contributed by atoms with Gasteiger partial charge in [0.25, 0.3) is 0 Å². The van der Waals surface area contributed by atoms with E-state index in [0.717, 1.165) is 5.56 Å². The molecule has 0 spiro atoms. The van der Waals surface area contributed by atoms with E-state index in [4.69, 9.17) is 12.2 Å². The Balaban J connectivity index is 2.44. The van der Waals surface area contributed by atoms with Gasteiger partial charge in [-0.15, -0.1) is 0 Å². The van der Waals surface area contributed by atoms with Crippen LogP contribution >= 0.6 is 12.2 Å². The first-order valence-corrected chi connectivity index (χ1v) is 5.73. The predicted octanol–water partition coefficient (Wildman–Crippen LogP) is 1.77. The normalized spacial score (nSPS) is 10.1. The molecule has 0 aliphatic carbocycles. The molecule has 0 bridgehead atoms. The number of amides is 1. The van der Waals surface area contributed by atoms with Crippen LogP contribution in [0.2, 0.25) is 0 Å². The molecule has 0 unspecified atom stereocenters. The zero-order valence-electron chi connectivity index (χ0n) is 9.79. The van der Waals surface area contributed by atoms with E-state index in [9.17, 15) is 9.18 Å². The molecule has 1 aromatic rings. The van der Waals surface area contributed by atoms with Gasteiger partial charge in [0, 0.05) is 6.04 Å². The van der Waals surface area contributed by atoms with Gasteiger partial charge in [0.1, 0.15) is 5.82 Å². The summed E-state index contributed by atoms with van der Waals surface area (Å²) in [6.45, 7) is 3.86. The Bertz CT molecular complexity index is 403. The molecule has 2 N–H and O–H groups in total. The van der Waals surface area contributed by atoms with Crippen LogP contribution in [0.1, 0.15) is 19.4 Å². The molecule has 0 aliphatic heterocycles. The summed E-state index contributed by atoms with van der Waals surface area (Å²) >= 11 is 4.94. The van der Waals surface area contributed by atoms with Crippen molar-refractivity contribution in [2.24, 2.45) is 0 Å². The van der Waals surface area contributed by atoms with E-state index < -0.39 is 0 Å². The van der Waals surface area contributed by atoms with Crippen molar-refractivity contribution < 1.29 is 9.18 Å². The first kappa shape index (κ1) is 13.6. The second kappa shape index (κ2) is 6.30. The van der Waals surface area contributed by atoms with Crippen molar-refractivity contribution in [1.29, 1.82) is 0 Å². The van der Waals surface area contributed by atoms with Crippen LogP contribution in [0.5, 0.6) is 0 Å². The molecule has 3 nitrogen and oxygen atoms in total. The molecule has 0 heterocycles. The highest BCUT2D eigenvalue weighted by atomic mass is 32.1. The summed E-state index contributed by atoms with van der Waals surface area (Å²) < 4.78 is 12.6. The lowest BCUT2D eigenvalue weighted by atomic mass is 10.1. The number of rotatable bonds is 3. The number of hydrogen-bond donors (Lipinski definition) is 2. The third kappa shape index (κ3) is 5.40. The van der Waals surface area contributed by atoms with Gasteiger partial charge in [0.2, 0.25) is 5.91 Å². The van der Waals surface area contributed by atoms with Crippen molar-refractivity contribution in [1.82, 2.24) is 10.6 Å². The van der Waals surface area contributed by atoms with E-state index in [2.05, 4.69) is 10.6 Å². The van der Waals surface area contributed by atoms with Gasteiger partial charge < -0.3 is 10.6 Å². The summed E-state index contributed by atoms with van der Waals surface area (Å²) in [5.41, 5.74) is 0.747. The Morgan fingerprint density at radius 3 is 2.47 bits per heavy atom. The number of thiocarbonyl (C=S) groups is 1. The van der Waals surface area contributed by atoms with Crippen LogP contribution < -0.4 is 10.6 Å². The lowest BCUT2D eigenvalue weighted by molar-refractivity contribution is -0.119. The molecule has 1 aromatic carbocycles. The van der Waals surface area contributed by atoms with Crippen molar-refractivity contribution in [3.05, 3.63) is 35.6 Å². The fourth-order valence-electron chi connectivity index (χ4n) is 1.26. The molecule has 0 aromatic heterocycles. The Morgan fingerprint density at radius 2 is 1.94 bits per heavy atom. The van der Waals surface area contributed by atoms with Crippen LogP contribution in [-0.4, -0.2) is 17.1 Å². The minimum atomic E-state index is -0.314. The molecule has 17 heavy (non-hydrogen) atoms. The summed E-state index contributed by atoms with van der Waals surface area (Å²) in [5.74, 6) is -0.527. The molecule has 1 amide bonds. The first-order valence-electron chi connectivity index (χ1n) is 5.32. The molecule has 1 rings (SSSR count). The average molecular weight is 254 g/mol. The van der Waals surface area contributed by atoms with Gasteiger partial charge in [-0.3, -0.25) is 4.79 Å². The number of halogens is 1. The molecule has 0 saturated heterocycles. The Kier molecular flexibility index (Phi) is 5.03. The highest BCUT2D eigenvalue weighted by Crippen LogP contribution is 2.03. The topological polar surface area (TPSA) is 41.1 Å². The van der Waals surface area contributed by atoms with Crippen molar-refractivity contribution in [2.45, 2.75) is 26.3 Å². The summed E-state index contributed by atoms with van der Waals surface area (Å²) in [5, 5.41) is 5.78. The van der Waals surface area contributed by atoms with Crippen molar-refractivity contribution in [3.8, 4) is 0 Å². The molecular formula is C12H15FN2OS. The van der Waals surface area contributed by atoms with E-state index in [1.54, 1.807) is 12.1 Å². The maximum Gasteiger partial charge on any atom is 0.230 e. The molecule has 0 fully saturated rings. The second-order valence-electron chi connectivity index (χ2n) is 3.98. The smallest absolute Gasteiger partial charge is 0.230 e. The fraction of sp³-hybridized carbons (Fsp3) is 0.333. The average Bonchev–Trinajstić information content (AvgIpc) is 2.19. The van der Waals surface area contributed by atoms with E-state index >= 15 is 0 Å². The van der Waals surface area contributed by atoms with Crippen molar-refractivity contribution >= 4 is 23.2 Å². The van der Waals surface area contributed by atoms with Gasteiger partial charge in [-0.2, -0.15) is 0 Å². The first-order chi connectivity index (χ1) is 7.97. The molecule has 0 saturated carbocycles. The highest BCUT2D eigenvalue weighted by molar-refractivity contribution is 7.80. The molecule has 5 heteroatoms. The zero-order chi connectivity index (χ0) is 12.8. The van der Waals surface area contributed by atoms with Gasteiger partial charge in [-0.1, -0.05) is 12.1 Å². The maximum absolute atomic E-state index is 12.6. The van der Waals surface area contributed by atoms with Crippen LogP contribution in [0, 0.1) is 5.82 Å². The van der Waals surface area contributed by atoms with Crippen LogP contribution in [0.4, 0.5) is 4.39 Å². The number of carbonyl (C=O) groups is 1. The summed E-state index contributed by atoms with van der Waals surface area (Å²) in [7, 11) is 0. The number of carbonyl (C=O) groups excluding carboxylic acids is 1. The summed E-state index contributed by atoms with van der Waals surface area (Å²) in [6, 6.07) is 5.98. The lowest BCUT2D eigenvalue weighted by Crippen LogP contribution is -2.42. The SMILES string of the molecule is CC(C)NC(=S)NC(=O)Cc1ccc(F)cc1. The molecule has 0 radical (unpaired) electrons. The largest absolute Gasteiger partial charge is 0.360 e. The minimum absolute atomic E-state index is 0.175. The molecule has 0 aliphatic rings. The molecular weight excluding hydrogens is 239 g/mol. The summed E-state index contributed by atoms with van der Waals surface area (Å²) in [4.78, 5) is 11.6. The van der Waals surface area contributed by atoms with Crippen LogP contribution in [0.15, 0.2) is 24.3 Å².